The summed E-state index contributed by atoms with van der Waals surface area (Å²) in [6.07, 6.45) is 1.48. The van der Waals surface area contributed by atoms with Gasteiger partial charge in [0.25, 0.3) is 0 Å². The summed E-state index contributed by atoms with van der Waals surface area (Å²) in [6.45, 7) is 2.64. The Kier molecular flexibility index (Phi) is 4.56. The van der Waals surface area contributed by atoms with Gasteiger partial charge in [-0.3, -0.25) is 9.59 Å². The van der Waals surface area contributed by atoms with E-state index in [1.54, 1.807) is 4.90 Å². The van der Waals surface area contributed by atoms with Crippen molar-refractivity contribution in [1.82, 2.24) is 10.2 Å². The van der Waals surface area contributed by atoms with Crippen LogP contribution in [0.5, 0.6) is 0 Å². The number of nitrogens with zero attached hydrogens (tertiary/aromatic N) is 1. The topological polar surface area (TPSA) is 69.6 Å². The van der Waals surface area contributed by atoms with E-state index in [-0.39, 0.29) is 30.2 Å². The normalized spacial score (nSPS) is 28.9. The minimum atomic E-state index is -0.783. The predicted molar refractivity (Wildman–Crippen MR) is 60.5 cm³/mol. The number of carbonyl (C=O) groups excluding carboxylic acids is 1. The fraction of sp³-hybridized carbons (Fsp3) is 0.800. The van der Waals surface area contributed by atoms with Crippen LogP contribution in [0.25, 0.3) is 0 Å². The van der Waals surface area contributed by atoms with Gasteiger partial charge in [-0.1, -0.05) is 0 Å². The number of aliphatic carboxylic acids is 1. The first-order valence-corrected chi connectivity index (χ1v) is 5.41. The summed E-state index contributed by atoms with van der Waals surface area (Å²) in [6, 6.07) is 0. The molecule has 2 aliphatic heterocycles. The predicted octanol–water partition coefficient (Wildman–Crippen LogP) is -0.0492. The molecule has 1 amide bonds. The zero-order chi connectivity index (χ0) is 10.8. The molecule has 0 aliphatic carbocycles. The lowest BCUT2D eigenvalue weighted by atomic mass is 10.1. The number of nitrogens with one attached hydrogen (secondary N) is 1. The Hall–Kier alpha value is -0.810. The van der Waals surface area contributed by atoms with Crippen LogP contribution in [0.2, 0.25) is 0 Å². The fourth-order valence-electron chi connectivity index (χ4n) is 2.29. The highest BCUT2D eigenvalue weighted by atomic mass is 35.5. The lowest BCUT2D eigenvalue weighted by Gasteiger charge is -2.19. The number of carboxylic acids is 1. The van der Waals surface area contributed by atoms with Gasteiger partial charge in [-0.15, -0.1) is 12.4 Å². The van der Waals surface area contributed by atoms with Crippen LogP contribution >= 0.6 is 12.4 Å². The van der Waals surface area contributed by atoms with Crippen LogP contribution in [0.3, 0.4) is 0 Å². The molecule has 2 N–H and O–H groups in total. The molecule has 2 atom stereocenters. The van der Waals surface area contributed by atoms with Crippen LogP contribution in [0, 0.1) is 11.8 Å². The molecule has 2 saturated heterocycles. The molecule has 0 bridgehead atoms. The van der Waals surface area contributed by atoms with Gasteiger partial charge < -0.3 is 15.3 Å². The molecule has 2 rings (SSSR count). The Labute approximate surface area is 101 Å². The molecule has 2 aliphatic rings. The smallest absolute Gasteiger partial charge is 0.308 e. The number of carbonyl (C=O) groups is 2. The Bertz CT molecular complexity index is 279. The quantitative estimate of drug-likeness (QED) is 0.719. The summed E-state index contributed by atoms with van der Waals surface area (Å²) >= 11 is 0. The monoisotopic (exact) mass is 248 g/mol. The zero-order valence-electron chi connectivity index (χ0n) is 9.02. The van der Waals surface area contributed by atoms with E-state index < -0.39 is 5.97 Å². The van der Waals surface area contributed by atoms with Crippen LogP contribution in [0.4, 0.5) is 0 Å². The number of amides is 1. The number of halogens is 1. The standard InChI is InChI=1S/C10H16N2O3.ClH/c13-9(7-1-3-11-5-7)12-4-2-8(6-12)10(14)15;/h7-8,11H,1-6H2,(H,14,15);1H. The zero-order valence-corrected chi connectivity index (χ0v) is 9.83. The SMILES string of the molecule is Cl.O=C(O)C1CCN(C(=O)C2CCNC2)C1. The Balaban J connectivity index is 0.00000128. The van der Waals surface area contributed by atoms with E-state index in [2.05, 4.69) is 5.32 Å². The van der Waals surface area contributed by atoms with Gasteiger partial charge in [-0.05, 0) is 19.4 Å². The highest BCUT2D eigenvalue weighted by Gasteiger charge is 2.34. The van der Waals surface area contributed by atoms with Gasteiger partial charge in [-0.2, -0.15) is 0 Å². The van der Waals surface area contributed by atoms with Crippen molar-refractivity contribution in [2.24, 2.45) is 11.8 Å². The van der Waals surface area contributed by atoms with Crippen LogP contribution < -0.4 is 5.32 Å². The molecule has 0 aromatic rings. The second kappa shape index (κ2) is 5.50. The third-order valence-electron chi connectivity index (χ3n) is 3.26. The van der Waals surface area contributed by atoms with E-state index in [9.17, 15) is 9.59 Å². The number of carboxylic acid groups (broad SMARTS) is 1. The third-order valence-corrected chi connectivity index (χ3v) is 3.26. The van der Waals surface area contributed by atoms with Crippen molar-refractivity contribution in [3.63, 3.8) is 0 Å². The summed E-state index contributed by atoms with van der Waals surface area (Å²) < 4.78 is 0. The molecule has 2 heterocycles. The molecule has 5 nitrogen and oxygen atoms in total. The largest absolute Gasteiger partial charge is 0.481 e. The van der Waals surface area contributed by atoms with Crippen molar-refractivity contribution >= 4 is 24.3 Å². The van der Waals surface area contributed by atoms with Crippen LogP contribution in [-0.4, -0.2) is 48.1 Å². The maximum Gasteiger partial charge on any atom is 0.308 e. The van der Waals surface area contributed by atoms with Crippen molar-refractivity contribution in [1.29, 1.82) is 0 Å². The average molecular weight is 249 g/mol. The lowest BCUT2D eigenvalue weighted by Crippen LogP contribution is -2.36. The van der Waals surface area contributed by atoms with Crippen molar-refractivity contribution in [3.8, 4) is 0 Å². The van der Waals surface area contributed by atoms with Gasteiger partial charge in [0.15, 0.2) is 0 Å². The van der Waals surface area contributed by atoms with Gasteiger partial charge >= 0.3 is 5.97 Å². The van der Waals surface area contributed by atoms with Crippen LogP contribution in [-0.2, 0) is 9.59 Å². The maximum absolute atomic E-state index is 11.9. The summed E-state index contributed by atoms with van der Waals surface area (Å²) in [5.41, 5.74) is 0. The fourth-order valence-corrected chi connectivity index (χ4v) is 2.29. The Morgan fingerprint density at radius 1 is 1.25 bits per heavy atom. The Morgan fingerprint density at radius 2 is 2.00 bits per heavy atom. The summed E-state index contributed by atoms with van der Waals surface area (Å²) in [5.74, 6) is -0.945. The molecule has 0 aromatic carbocycles. The van der Waals surface area contributed by atoms with Gasteiger partial charge in [0.1, 0.15) is 0 Å². The molecule has 2 fully saturated rings. The number of hydrogen-bond acceptors (Lipinski definition) is 3. The number of rotatable bonds is 2. The first kappa shape index (κ1) is 13.3. The lowest BCUT2D eigenvalue weighted by molar-refractivity contribution is -0.141. The first-order chi connectivity index (χ1) is 7.18. The van der Waals surface area contributed by atoms with E-state index in [0.29, 0.717) is 19.5 Å². The third kappa shape index (κ3) is 2.65. The molecule has 0 spiro atoms. The van der Waals surface area contributed by atoms with Gasteiger partial charge in [0.05, 0.1) is 11.8 Å². The summed E-state index contributed by atoms with van der Waals surface area (Å²) in [4.78, 5) is 24.4. The van der Waals surface area contributed by atoms with Gasteiger partial charge in [-0.25, -0.2) is 0 Å². The Morgan fingerprint density at radius 3 is 2.50 bits per heavy atom. The molecule has 6 heteroatoms. The molecular weight excluding hydrogens is 232 g/mol. The van der Waals surface area contributed by atoms with Gasteiger partial charge in [0, 0.05) is 19.6 Å². The average Bonchev–Trinajstić information content (AvgIpc) is 2.88. The van der Waals surface area contributed by atoms with E-state index in [4.69, 9.17) is 5.11 Å². The molecule has 2 unspecified atom stereocenters. The van der Waals surface area contributed by atoms with Gasteiger partial charge in [0.2, 0.25) is 5.91 Å². The van der Waals surface area contributed by atoms with E-state index in [1.165, 1.54) is 0 Å². The minimum Gasteiger partial charge on any atom is -0.481 e. The molecular formula is C10H17ClN2O3. The molecule has 0 aromatic heterocycles. The maximum atomic E-state index is 11.9. The van der Waals surface area contributed by atoms with Crippen LogP contribution in [0.1, 0.15) is 12.8 Å². The molecule has 0 saturated carbocycles. The van der Waals surface area contributed by atoms with Crippen molar-refractivity contribution < 1.29 is 14.7 Å². The molecule has 16 heavy (non-hydrogen) atoms. The van der Waals surface area contributed by atoms with Crippen molar-refractivity contribution in [2.75, 3.05) is 26.2 Å². The van der Waals surface area contributed by atoms with Crippen LogP contribution in [0.15, 0.2) is 0 Å². The summed E-state index contributed by atoms with van der Waals surface area (Å²) in [5, 5.41) is 12.0. The van der Waals surface area contributed by atoms with E-state index in [0.717, 1.165) is 19.5 Å². The highest BCUT2D eigenvalue weighted by molar-refractivity contribution is 5.85. The first-order valence-electron chi connectivity index (χ1n) is 5.41. The summed E-state index contributed by atoms with van der Waals surface area (Å²) in [7, 11) is 0. The second-order valence-corrected chi connectivity index (χ2v) is 4.30. The number of hydrogen-bond donors (Lipinski definition) is 2. The second-order valence-electron chi connectivity index (χ2n) is 4.30. The van der Waals surface area contributed by atoms with Crippen molar-refractivity contribution in [2.45, 2.75) is 12.8 Å². The van der Waals surface area contributed by atoms with Crippen molar-refractivity contribution in [3.05, 3.63) is 0 Å². The van der Waals surface area contributed by atoms with E-state index >= 15 is 0 Å². The van der Waals surface area contributed by atoms with E-state index in [1.807, 2.05) is 0 Å². The minimum absolute atomic E-state index is 0. The highest BCUT2D eigenvalue weighted by Crippen LogP contribution is 2.20. The molecule has 0 radical (unpaired) electrons. The molecule has 92 valence electrons. The number of likely N-dealkylation sites (tertiary alicyclic amines) is 1.